The lowest BCUT2D eigenvalue weighted by Crippen LogP contribution is -2.41. The van der Waals surface area contributed by atoms with Crippen LogP contribution in [0.15, 0.2) is 47.3 Å². The number of H-pyrrole nitrogens is 1. The number of ether oxygens (including phenoxy) is 1. The van der Waals surface area contributed by atoms with Crippen LogP contribution < -0.4 is 5.56 Å². The van der Waals surface area contributed by atoms with Crippen LogP contribution in [-0.4, -0.2) is 67.1 Å². The van der Waals surface area contributed by atoms with Crippen molar-refractivity contribution in [3.05, 3.63) is 58.4 Å². The number of hydrogen-bond donors (Lipinski definition) is 1. The number of likely N-dealkylation sites (N-methyl/N-ethyl adjacent to an activating group) is 1. The summed E-state index contributed by atoms with van der Waals surface area (Å²) in [5.74, 6) is -0.00696. The van der Waals surface area contributed by atoms with Crippen LogP contribution in [0.5, 0.6) is 0 Å². The molecule has 1 fully saturated rings. The molecule has 1 atom stereocenters. The Labute approximate surface area is 159 Å². The van der Waals surface area contributed by atoms with Crippen LogP contribution in [0.1, 0.15) is 23.2 Å². The van der Waals surface area contributed by atoms with Gasteiger partial charge in [0.05, 0.1) is 6.10 Å². The summed E-state index contributed by atoms with van der Waals surface area (Å²) in [7, 11) is 4.00. The van der Waals surface area contributed by atoms with E-state index in [0.29, 0.717) is 24.3 Å². The van der Waals surface area contributed by atoms with E-state index in [1.165, 1.54) is 6.07 Å². The molecule has 1 aliphatic heterocycles. The van der Waals surface area contributed by atoms with Crippen molar-refractivity contribution in [2.45, 2.75) is 18.9 Å². The van der Waals surface area contributed by atoms with Crippen molar-refractivity contribution in [1.82, 2.24) is 14.8 Å². The Morgan fingerprint density at radius 3 is 2.70 bits per heavy atom. The summed E-state index contributed by atoms with van der Waals surface area (Å²) < 4.78 is 5.74. The average Bonchev–Trinajstić information content (AvgIpc) is 3.18. The molecule has 0 saturated carbocycles. The molecule has 1 N–H and O–H groups in total. The van der Waals surface area contributed by atoms with Crippen LogP contribution in [0.4, 0.5) is 0 Å². The molecule has 1 aromatic heterocycles. The zero-order valence-electron chi connectivity index (χ0n) is 16.0. The molecule has 1 amide bonds. The zero-order chi connectivity index (χ0) is 19.2. The van der Waals surface area contributed by atoms with Crippen molar-refractivity contribution in [2.75, 3.05) is 40.3 Å². The number of benzene rings is 1. The fourth-order valence-electron chi connectivity index (χ4n) is 3.25. The van der Waals surface area contributed by atoms with Gasteiger partial charge in [0.1, 0.15) is 0 Å². The quantitative estimate of drug-likeness (QED) is 0.813. The molecule has 3 rings (SSSR count). The van der Waals surface area contributed by atoms with Gasteiger partial charge < -0.3 is 19.5 Å². The molecule has 0 radical (unpaired) electrons. The fraction of sp³-hybridized carbons (Fsp3) is 0.429. The van der Waals surface area contributed by atoms with Gasteiger partial charge in [-0.1, -0.05) is 18.2 Å². The van der Waals surface area contributed by atoms with Gasteiger partial charge >= 0.3 is 0 Å². The molecule has 1 saturated heterocycles. The number of aromatic nitrogens is 1. The minimum Gasteiger partial charge on any atom is -0.376 e. The Hall–Kier alpha value is -2.44. The number of carbonyl (C=O) groups excluding carboxylic acids is 1. The van der Waals surface area contributed by atoms with Crippen molar-refractivity contribution in [3.63, 3.8) is 0 Å². The van der Waals surface area contributed by atoms with E-state index in [9.17, 15) is 9.59 Å². The predicted molar refractivity (Wildman–Crippen MR) is 106 cm³/mol. The molecular formula is C21H27N3O3. The van der Waals surface area contributed by atoms with Gasteiger partial charge in [-0.15, -0.1) is 0 Å². The summed E-state index contributed by atoms with van der Waals surface area (Å²) in [6.45, 7) is 2.83. The van der Waals surface area contributed by atoms with Crippen molar-refractivity contribution >= 4 is 5.91 Å². The van der Waals surface area contributed by atoms with Crippen LogP contribution in [0.2, 0.25) is 0 Å². The highest BCUT2D eigenvalue weighted by Crippen LogP contribution is 2.19. The lowest BCUT2D eigenvalue weighted by atomic mass is 10.1. The van der Waals surface area contributed by atoms with Crippen molar-refractivity contribution in [3.8, 4) is 11.3 Å². The Kier molecular flexibility index (Phi) is 6.42. The second kappa shape index (κ2) is 8.97. The van der Waals surface area contributed by atoms with E-state index in [2.05, 4.69) is 9.88 Å². The molecule has 6 heteroatoms. The highest BCUT2D eigenvalue weighted by molar-refractivity contribution is 5.95. The number of aromatic amines is 1. The van der Waals surface area contributed by atoms with Gasteiger partial charge in [0.2, 0.25) is 5.56 Å². The van der Waals surface area contributed by atoms with E-state index < -0.39 is 0 Å². The molecule has 144 valence electrons. The van der Waals surface area contributed by atoms with Crippen LogP contribution in [0, 0.1) is 0 Å². The average molecular weight is 369 g/mol. The lowest BCUT2D eigenvalue weighted by Gasteiger charge is -2.27. The summed E-state index contributed by atoms with van der Waals surface area (Å²) in [4.78, 5) is 31.5. The maximum Gasteiger partial charge on any atom is 0.254 e. The van der Waals surface area contributed by atoms with E-state index in [4.69, 9.17) is 4.74 Å². The molecule has 27 heavy (non-hydrogen) atoms. The SMILES string of the molecule is CN(C)CCN(CC1CCCO1)C(=O)c1cccc(-c2cccc(=O)[nH]2)c1. The molecule has 1 aliphatic rings. The first-order valence-electron chi connectivity index (χ1n) is 9.38. The first-order valence-corrected chi connectivity index (χ1v) is 9.38. The number of pyridine rings is 1. The molecule has 6 nitrogen and oxygen atoms in total. The lowest BCUT2D eigenvalue weighted by molar-refractivity contribution is 0.0512. The number of hydrogen-bond acceptors (Lipinski definition) is 4. The molecule has 0 bridgehead atoms. The first-order chi connectivity index (χ1) is 13.0. The van der Waals surface area contributed by atoms with Gasteiger partial charge in [0, 0.05) is 43.6 Å². The Balaban J connectivity index is 1.81. The Bertz CT molecular complexity index is 825. The number of carbonyl (C=O) groups is 1. The number of nitrogens with one attached hydrogen (secondary N) is 1. The standard InChI is InChI=1S/C21H27N3O3/c1-23(2)11-12-24(15-18-8-5-13-27-18)21(26)17-7-3-6-16(14-17)19-9-4-10-20(25)22-19/h3-4,6-7,9-10,14,18H,5,8,11-13,15H2,1-2H3,(H,22,25). The van der Waals surface area contributed by atoms with Gasteiger partial charge in [-0.3, -0.25) is 9.59 Å². The summed E-state index contributed by atoms with van der Waals surface area (Å²) >= 11 is 0. The van der Waals surface area contributed by atoms with Gasteiger partial charge in [-0.05, 0) is 50.7 Å². The topological polar surface area (TPSA) is 65.6 Å². The highest BCUT2D eigenvalue weighted by atomic mass is 16.5. The minimum absolute atomic E-state index is 0.00696. The molecule has 1 aromatic carbocycles. The van der Waals surface area contributed by atoms with Crippen LogP contribution >= 0.6 is 0 Å². The molecule has 1 unspecified atom stereocenters. The fourth-order valence-corrected chi connectivity index (χ4v) is 3.25. The maximum atomic E-state index is 13.2. The zero-order valence-corrected chi connectivity index (χ0v) is 16.0. The van der Waals surface area contributed by atoms with E-state index in [0.717, 1.165) is 31.6 Å². The van der Waals surface area contributed by atoms with E-state index in [1.54, 1.807) is 6.07 Å². The third-order valence-corrected chi connectivity index (χ3v) is 4.74. The monoisotopic (exact) mass is 369 g/mol. The number of amides is 1. The van der Waals surface area contributed by atoms with Gasteiger partial charge in [0.15, 0.2) is 0 Å². The van der Waals surface area contributed by atoms with Crippen LogP contribution in [0.25, 0.3) is 11.3 Å². The second-order valence-electron chi connectivity index (χ2n) is 7.20. The van der Waals surface area contributed by atoms with E-state index in [1.807, 2.05) is 49.3 Å². The minimum atomic E-state index is -0.157. The van der Waals surface area contributed by atoms with Gasteiger partial charge in [-0.25, -0.2) is 0 Å². The molecule has 0 aliphatic carbocycles. The largest absolute Gasteiger partial charge is 0.376 e. The number of nitrogens with zero attached hydrogens (tertiary/aromatic N) is 2. The highest BCUT2D eigenvalue weighted by Gasteiger charge is 2.23. The van der Waals surface area contributed by atoms with E-state index in [-0.39, 0.29) is 17.6 Å². The summed E-state index contributed by atoms with van der Waals surface area (Å²) in [6, 6.07) is 12.4. The summed E-state index contributed by atoms with van der Waals surface area (Å²) in [5.41, 5.74) is 1.99. The van der Waals surface area contributed by atoms with Crippen molar-refractivity contribution in [1.29, 1.82) is 0 Å². The Morgan fingerprint density at radius 2 is 2.00 bits per heavy atom. The molecule has 2 aromatic rings. The normalized spacial score (nSPS) is 16.6. The van der Waals surface area contributed by atoms with Gasteiger partial charge in [-0.2, -0.15) is 0 Å². The number of rotatable bonds is 7. The molecule has 0 spiro atoms. The maximum absolute atomic E-state index is 13.2. The van der Waals surface area contributed by atoms with Crippen LogP contribution in [0.3, 0.4) is 0 Å². The second-order valence-corrected chi connectivity index (χ2v) is 7.20. The Morgan fingerprint density at radius 1 is 1.19 bits per heavy atom. The van der Waals surface area contributed by atoms with Crippen molar-refractivity contribution < 1.29 is 9.53 Å². The van der Waals surface area contributed by atoms with Crippen molar-refractivity contribution in [2.24, 2.45) is 0 Å². The summed E-state index contributed by atoms with van der Waals surface area (Å²) in [6.07, 6.45) is 2.17. The smallest absolute Gasteiger partial charge is 0.254 e. The third-order valence-electron chi connectivity index (χ3n) is 4.74. The first kappa shape index (κ1) is 19.3. The van der Waals surface area contributed by atoms with Crippen LogP contribution in [-0.2, 0) is 4.74 Å². The molecular weight excluding hydrogens is 342 g/mol. The third kappa shape index (κ3) is 5.28. The van der Waals surface area contributed by atoms with Gasteiger partial charge in [0.25, 0.3) is 5.91 Å². The van der Waals surface area contributed by atoms with E-state index >= 15 is 0 Å². The molecule has 2 heterocycles. The summed E-state index contributed by atoms with van der Waals surface area (Å²) in [5, 5.41) is 0. The predicted octanol–water partition coefficient (Wildman–Crippen LogP) is 2.22.